The average Bonchev–Trinajstić information content (AvgIpc) is 2.35. The normalized spacial score (nSPS) is 32.1. The fraction of sp³-hybridized carbons (Fsp3) is 0.786. The highest BCUT2D eigenvalue weighted by atomic mass is 16.7. The minimum Gasteiger partial charge on any atom is -0.463 e. The molecule has 0 bridgehead atoms. The van der Waals surface area contributed by atoms with Gasteiger partial charge in [-0.1, -0.05) is 13.8 Å². The summed E-state index contributed by atoms with van der Waals surface area (Å²) in [5, 5.41) is 0. The Bertz CT molecular complexity index is 406. The van der Waals surface area contributed by atoms with Gasteiger partial charge < -0.3 is 18.9 Å². The predicted molar refractivity (Wildman–Crippen MR) is 70.9 cm³/mol. The summed E-state index contributed by atoms with van der Waals surface area (Å²) in [6.45, 7) is 7.52. The average molecular weight is 302 g/mol. The smallest absolute Gasteiger partial charge is 0.304 e. The van der Waals surface area contributed by atoms with E-state index in [4.69, 9.17) is 18.9 Å². The molecule has 0 amide bonds. The van der Waals surface area contributed by atoms with Crippen LogP contribution in [-0.2, 0) is 33.3 Å². The summed E-state index contributed by atoms with van der Waals surface area (Å²) in [5.41, 5.74) is 0. The Morgan fingerprint density at radius 3 is 1.95 bits per heavy atom. The zero-order chi connectivity index (χ0) is 16.2. The zero-order valence-electron chi connectivity index (χ0n) is 13.0. The largest absolute Gasteiger partial charge is 0.463 e. The van der Waals surface area contributed by atoms with Crippen molar-refractivity contribution >= 4 is 17.9 Å². The van der Waals surface area contributed by atoms with Gasteiger partial charge in [-0.25, -0.2) is 0 Å². The first-order valence-electron chi connectivity index (χ1n) is 6.85. The third kappa shape index (κ3) is 5.00. The van der Waals surface area contributed by atoms with E-state index in [0.717, 1.165) is 0 Å². The van der Waals surface area contributed by atoms with E-state index in [1.807, 2.05) is 13.8 Å². The zero-order valence-corrected chi connectivity index (χ0v) is 13.0. The molecule has 0 aromatic rings. The summed E-state index contributed by atoms with van der Waals surface area (Å²) in [5.74, 6) is -1.65. The summed E-state index contributed by atoms with van der Waals surface area (Å²) >= 11 is 0. The van der Waals surface area contributed by atoms with Crippen LogP contribution in [-0.4, -0.2) is 43.0 Å². The van der Waals surface area contributed by atoms with Crippen LogP contribution in [0, 0.1) is 11.8 Å². The molecule has 1 fully saturated rings. The summed E-state index contributed by atoms with van der Waals surface area (Å²) in [7, 11) is 0. The molecule has 0 radical (unpaired) electrons. The monoisotopic (exact) mass is 302 g/mol. The molecule has 0 aromatic heterocycles. The highest BCUT2D eigenvalue weighted by molar-refractivity contribution is 5.67. The van der Waals surface area contributed by atoms with Crippen LogP contribution in [0.4, 0.5) is 0 Å². The van der Waals surface area contributed by atoms with Gasteiger partial charge in [0.15, 0.2) is 0 Å². The van der Waals surface area contributed by atoms with Crippen molar-refractivity contribution in [2.24, 2.45) is 11.8 Å². The lowest BCUT2D eigenvalue weighted by atomic mass is 9.84. The van der Waals surface area contributed by atoms with Gasteiger partial charge >= 0.3 is 17.9 Å². The van der Waals surface area contributed by atoms with Crippen LogP contribution in [0.25, 0.3) is 0 Å². The Hall–Kier alpha value is -1.63. The molecule has 0 N–H and O–H groups in total. The van der Waals surface area contributed by atoms with Crippen LogP contribution in [0.1, 0.15) is 34.6 Å². The van der Waals surface area contributed by atoms with E-state index in [9.17, 15) is 14.4 Å². The third-order valence-corrected chi connectivity index (χ3v) is 3.49. The summed E-state index contributed by atoms with van der Waals surface area (Å²) in [6.07, 6.45) is -2.00. The molecule has 0 aromatic carbocycles. The topological polar surface area (TPSA) is 88.1 Å². The maximum atomic E-state index is 11.2. The number of hydrogen-bond donors (Lipinski definition) is 0. The number of hydrogen-bond acceptors (Lipinski definition) is 7. The summed E-state index contributed by atoms with van der Waals surface area (Å²) in [6, 6.07) is 0. The standard InChI is InChI=1S/C14H22O7/c1-7-8(2)14(20-11(5)17)21-12(6-18-9(3)15)13(7)19-10(4)16/h7-8,12-14H,6H2,1-5H3/t7-,8+,12?,13-,14?/m1/s1. The van der Waals surface area contributed by atoms with Crippen LogP contribution >= 0.6 is 0 Å². The predicted octanol–water partition coefficient (Wildman–Crippen LogP) is 1.04. The van der Waals surface area contributed by atoms with E-state index in [2.05, 4.69) is 0 Å². The lowest BCUT2D eigenvalue weighted by molar-refractivity contribution is -0.265. The van der Waals surface area contributed by atoms with Gasteiger partial charge in [0, 0.05) is 32.6 Å². The maximum Gasteiger partial charge on any atom is 0.304 e. The molecule has 120 valence electrons. The number of carbonyl (C=O) groups excluding carboxylic acids is 3. The van der Waals surface area contributed by atoms with Gasteiger partial charge in [0.1, 0.15) is 18.8 Å². The highest BCUT2D eigenvalue weighted by Crippen LogP contribution is 2.33. The lowest BCUT2D eigenvalue weighted by Gasteiger charge is -2.42. The molecule has 1 aliphatic heterocycles. The van der Waals surface area contributed by atoms with Gasteiger partial charge in [-0.3, -0.25) is 14.4 Å². The van der Waals surface area contributed by atoms with E-state index in [-0.39, 0.29) is 18.4 Å². The van der Waals surface area contributed by atoms with Crippen LogP contribution in [0.5, 0.6) is 0 Å². The molecule has 21 heavy (non-hydrogen) atoms. The molecule has 1 heterocycles. The van der Waals surface area contributed by atoms with Gasteiger partial charge in [-0.15, -0.1) is 0 Å². The van der Waals surface area contributed by atoms with Crippen molar-refractivity contribution in [1.82, 2.24) is 0 Å². The quantitative estimate of drug-likeness (QED) is 0.566. The molecule has 1 saturated heterocycles. The Kier molecular flexibility index (Phi) is 6.14. The third-order valence-electron chi connectivity index (χ3n) is 3.49. The fourth-order valence-electron chi connectivity index (χ4n) is 2.27. The first kappa shape index (κ1) is 17.4. The number of rotatable bonds is 4. The highest BCUT2D eigenvalue weighted by Gasteiger charge is 2.45. The van der Waals surface area contributed by atoms with Crippen molar-refractivity contribution in [3.05, 3.63) is 0 Å². The number of carbonyl (C=O) groups is 3. The van der Waals surface area contributed by atoms with Crippen molar-refractivity contribution in [3.63, 3.8) is 0 Å². The van der Waals surface area contributed by atoms with Gasteiger partial charge in [-0.05, 0) is 0 Å². The molecular formula is C14H22O7. The van der Waals surface area contributed by atoms with Crippen molar-refractivity contribution in [2.75, 3.05) is 6.61 Å². The van der Waals surface area contributed by atoms with Crippen molar-refractivity contribution in [1.29, 1.82) is 0 Å². The first-order valence-corrected chi connectivity index (χ1v) is 6.85. The van der Waals surface area contributed by atoms with E-state index >= 15 is 0 Å². The molecule has 7 heteroatoms. The fourth-order valence-corrected chi connectivity index (χ4v) is 2.27. The Labute approximate surface area is 123 Å². The Morgan fingerprint density at radius 2 is 1.48 bits per heavy atom. The van der Waals surface area contributed by atoms with Crippen molar-refractivity contribution in [2.45, 2.75) is 53.1 Å². The van der Waals surface area contributed by atoms with E-state index in [1.165, 1.54) is 20.8 Å². The Balaban J connectivity index is 2.86. The second kappa shape index (κ2) is 7.40. The van der Waals surface area contributed by atoms with Gasteiger partial charge in [0.2, 0.25) is 6.29 Å². The van der Waals surface area contributed by atoms with Gasteiger partial charge in [0.05, 0.1) is 0 Å². The molecular weight excluding hydrogens is 280 g/mol. The minimum absolute atomic E-state index is 0.0674. The summed E-state index contributed by atoms with van der Waals surface area (Å²) < 4.78 is 21.0. The molecule has 1 aliphatic rings. The molecule has 1 rings (SSSR count). The van der Waals surface area contributed by atoms with Crippen molar-refractivity contribution in [3.8, 4) is 0 Å². The minimum atomic E-state index is -0.759. The molecule has 0 aliphatic carbocycles. The molecule has 0 spiro atoms. The molecule has 0 saturated carbocycles. The molecule has 2 unspecified atom stereocenters. The Morgan fingerprint density at radius 1 is 0.905 bits per heavy atom. The van der Waals surface area contributed by atoms with Gasteiger partial charge in [-0.2, -0.15) is 0 Å². The van der Waals surface area contributed by atoms with Crippen LogP contribution in [0.2, 0.25) is 0 Å². The van der Waals surface area contributed by atoms with Crippen molar-refractivity contribution < 1.29 is 33.3 Å². The molecule has 7 nitrogen and oxygen atoms in total. The van der Waals surface area contributed by atoms with Crippen LogP contribution < -0.4 is 0 Å². The van der Waals surface area contributed by atoms with E-state index < -0.39 is 36.4 Å². The number of ether oxygens (including phenoxy) is 4. The molecule has 5 atom stereocenters. The second-order valence-electron chi connectivity index (χ2n) is 5.25. The maximum absolute atomic E-state index is 11.2. The van der Waals surface area contributed by atoms with Gasteiger partial charge in [0.25, 0.3) is 0 Å². The second-order valence-corrected chi connectivity index (χ2v) is 5.25. The first-order chi connectivity index (χ1) is 9.72. The van der Waals surface area contributed by atoms with Crippen LogP contribution in [0.15, 0.2) is 0 Å². The van der Waals surface area contributed by atoms with Crippen LogP contribution in [0.3, 0.4) is 0 Å². The number of esters is 3. The lowest BCUT2D eigenvalue weighted by Crippen LogP contribution is -2.53. The van der Waals surface area contributed by atoms with E-state index in [1.54, 1.807) is 0 Å². The van der Waals surface area contributed by atoms with E-state index in [0.29, 0.717) is 0 Å². The SMILES string of the molecule is CC(=O)OCC1OC(OC(C)=O)[C@@H](C)[C@@H](C)[C@H]1OC(C)=O. The summed E-state index contributed by atoms with van der Waals surface area (Å²) in [4.78, 5) is 33.3.